The lowest BCUT2D eigenvalue weighted by molar-refractivity contribution is -0.136. The highest BCUT2D eigenvalue weighted by atomic mass is 16.4. The summed E-state index contributed by atoms with van der Waals surface area (Å²) in [4.78, 5) is 28.1. The van der Waals surface area contributed by atoms with Gasteiger partial charge in [-0.05, 0) is 12.8 Å². The summed E-state index contributed by atoms with van der Waals surface area (Å²) in [5, 5.41) is 8.60. The molecule has 0 unspecified atom stereocenters. The SMILES string of the molecule is CN(CCC(=O)O)c1nccn(C2CC2)c1=O. The number of hydrogen-bond donors (Lipinski definition) is 1. The van der Waals surface area contributed by atoms with Crippen molar-refractivity contribution in [2.45, 2.75) is 25.3 Å². The van der Waals surface area contributed by atoms with E-state index in [1.807, 2.05) is 0 Å². The highest BCUT2D eigenvalue weighted by Crippen LogP contribution is 2.33. The molecule has 1 aliphatic rings. The number of aromatic nitrogens is 2. The van der Waals surface area contributed by atoms with Gasteiger partial charge in [-0.15, -0.1) is 0 Å². The van der Waals surface area contributed by atoms with Crippen LogP contribution in [0.3, 0.4) is 0 Å². The van der Waals surface area contributed by atoms with Crippen LogP contribution in [0.5, 0.6) is 0 Å². The molecule has 1 aromatic heterocycles. The Bertz CT molecular complexity index is 479. The van der Waals surface area contributed by atoms with Crippen LogP contribution in [0, 0.1) is 0 Å². The van der Waals surface area contributed by atoms with Gasteiger partial charge >= 0.3 is 5.97 Å². The summed E-state index contributed by atoms with van der Waals surface area (Å²) in [6.45, 7) is 0.284. The summed E-state index contributed by atoms with van der Waals surface area (Å²) in [6, 6.07) is 0.303. The third-order valence-electron chi connectivity index (χ3n) is 2.81. The molecule has 0 atom stereocenters. The van der Waals surface area contributed by atoms with Crippen LogP contribution >= 0.6 is 0 Å². The lowest BCUT2D eigenvalue weighted by atomic mass is 10.4. The van der Waals surface area contributed by atoms with Crippen molar-refractivity contribution in [3.05, 3.63) is 22.7 Å². The maximum Gasteiger partial charge on any atom is 0.305 e. The minimum absolute atomic E-state index is 0.00402. The Morgan fingerprint density at radius 3 is 2.94 bits per heavy atom. The molecule has 0 aromatic carbocycles. The topological polar surface area (TPSA) is 75.4 Å². The standard InChI is InChI=1S/C11H15N3O3/c1-13(6-4-9(15)16)10-11(17)14(7-5-12-10)8-2-3-8/h5,7-8H,2-4,6H2,1H3,(H,15,16). The second-order valence-electron chi connectivity index (χ2n) is 4.26. The summed E-state index contributed by atoms with van der Waals surface area (Å²) < 4.78 is 1.68. The number of rotatable bonds is 5. The number of carboxylic acid groups (broad SMARTS) is 1. The minimum atomic E-state index is -0.879. The van der Waals surface area contributed by atoms with E-state index in [1.54, 1.807) is 28.9 Å². The van der Waals surface area contributed by atoms with Crippen LogP contribution in [0.2, 0.25) is 0 Å². The van der Waals surface area contributed by atoms with Crippen molar-refractivity contribution in [1.29, 1.82) is 0 Å². The lowest BCUT2D eigenvalue weighted by Gasteiger charge is -2.17. The molecule has 0 aliphatic heterocycles. The first-order valence-corrected chi connectivity index (χ1v) is 5.59. The maximum atomic E-state index is 12.0. The lowest BCUT2D eigenvalue weighted by Crippen LogP contribution is -2.31. The Labute approximate surface area is 98.5 Å². The van der Waals surface area contributed by atoms with Crippen molar-refractivity contribution >= 4 is 11.8 Å². The molecule has 92 valence electrons. The Hall–Kier alpha value is -1.85. The van der Waals surface area contributed by atoms with Gasteiger partial charge in [0.05, 0.1) is 6.42 Å². The first-order valence-electron chi connectivity index (χ1n) is 5.59. The molecule has 1 heterocycles. The number of hydrogen-bond acceptors (Lipinski definition) is 4. The zero-order valence-corrected chi connectivity index (χ0v) is 9.67. The van der Waals surface area contributed by atoms with Crippen molar-refractivity contribution < 1.29 is 9.90 Å². The average Bonchev–Trinajstić information content (AvgIpc) is 3.10. The van der Waals surface area contributed by atoms with E-state index in [0.717, 1.165) is 12.8 Å². The van der Waals surface area contributed by atoms with E-state index in [9.17, 15) is 9.59 Å². The van der Waals surface area contributed by atoms with Crippen molar-refractivity contribution in [1.82, 2.24) is 9.55 Å². The number of carbonyl (C=O) groups is 1. The average molecular weight is 237 g/mol. The van der Waals surface area contributed by atoms with Gasteiger partial charge in [0.25, 0.3) is 5.56 Å². The summed E-state index contributed by atoms with van der Waals surface area (Å²) in [6.07, 6.45) is 5.33. The first-order chi connectivity index (χ1) is 8.09. The third-order valence-corrected chi connectivity index (χ3v) is 2.81. The highest BCUT2D eigenvalue weighted by molar-refractivity contribution is 5.67. The third kappa shape index (κ3) is 2.64. The highest BCUT2D eigenvalue weighted by Gasteiger charge is 2.25. The molecule has 17 heavy (non-hydrogen) atoms. The van der Waals surface area contributed by atoms with Crippen molar-refractivity contribution in [3.8, 4) is 0 Å². The van der Waals surface area contributed by atoms with Gasteiger partial charge < -0.3 is 14.6 Å². The van der Waals surface area contributed by atoms with Crippen LogP contribution < -0.4 is 10.5 Å². The van der Waals surface area contributed by atoms with Crippen LogP contribution in [0.1, 0.15) is 25.3 Å². The molecule has 1 fully saturated rings. The maximum absolute atomic E-state index is 12.0. The number of nitrogens with zero attached hydrogens (tertiary/aromatic N) is 3. The Kier molecular flexibility index (Phi) is 3.12. The smallest absolute Gasteiger partial charge is 0.305 e. The van der Waals surface area contributed by atoms with E-state index < -0.39 is 5.97 Å². The molecule has 1 saturated carbocycles. The van der Waals surface area contributed by atoms with Gasteiger partial charge in [-0.3, -0.25) is 9.59 Å². The number of aliphatic carboxylic acids is 1. The summed E-state index contributed by atoms with van der Waals surface area (Å²) in [7, 11) is 1.68. The molecule has 0 saturated heterocycles. The van der Waals surface area contributed by atoms with Crippen molar-refractivity contribution in [3.63, 3.8) is 0 Å². The second-order valence-corrected chi connectivity index (χ2v) is 4.26. The summed E-state index contributed by atoms with van der Waals surface area (Å²) in [5.74, 6) is -0.559. The van der Waals surface area contributed by atoms with Crippen LogP contribution in [0.4, 0.5) is 5.82 Å². The van der Waals surface area contributed by atoms with Gasteiger partial charge in [-0.2, -0.15) is 0 Å². The Balaban J connectivity index is 2.17. The summed E-state index contributed by atoms with van der Waals surface area (Å²) >= 11 is 0. The number of carboxylic acids is 1. The largest absolute Gasteiger partial charge is 0.481 e. The second kappa shape index (κ2) is 4.57. The predicted octanol–water partition coefficient (Wildman–Crippen LogP) is 0.489. The molecule has 1 aromatic rings. The van der Waals surface area contributed by atoms with Crippen molar-refractivity contribution in [2.75, 3.05) is 18.5 Å². The predicted molar refractivity (Wildman–Crippen MR) is 62.3 cm³/mol. The van der Waals surface area contributed by atoms with Gasteiger partial charge in [-0.25, -0.2) is 4.98 Å². The zero-order chi connectivity index (χ0) is 12.4. The molecule has 0 amide bonds. The van der Waals surface area contributed by atoms with Crippen LogP contribution in [-0.4, -0.2) is 34.2 Å². The van der Waals surface area contributed by atoms with Crippen LogP contribution in [0.15, 0.2) is 17.2 Å². The molecule has 0 radical (unpaired) electrons. The van der Waals surface area contributed by atoms with Crippen LogP contribution in [-0.2, 0) is 4.79 Å². The Morgan fingerprint density at radius 1 is 1.65 bits per heavy atom. The minimum Gasteiger partial charge on any atom is -0.481 e. The van der Waals surface area contributed by atoms with Gasteiger partial charge in [-0.1, -0.05) is 0 Å². The molecular formula is C11H15N3O3. The summed E-state index contributed by atoms with van der Waals surface area (Å²) in [5.41, 5.74) is -0.136. The monoisotopic (exact) mass is 237 g/mol. The van der Waals surface area contributed by atoms with Gasteiger partial charge in [0.1, 0.15) is 0 Å². The van der Waals surface area contributed by atoms with E-state index in [-0.39, 0.29) is 18.5 Å². The quantitative estimate of drug-likeness (QED) is 0.806. The van der Waals surface area contributed by atoms with Gasteiger partial charge in [0.15, 0.2) is 5.82 Å². The van der Waals surface area contributed by atoms with E-state index in [4.69, 9.17) is 5.11 Å². The zero-order valence-electron chi connectivity index (χ0n) is 9.67. The fourth-order valence-electron chi connectivity index (χ4n) is 1.69. The molecule has 1 aliphatic carbocycles. The fourth-order valence-corrected chi connectivity index (χ4v) is 1.69. The first kappa shape index (κ1) is 11.6. The van der Waals surface area contributed by atoms with E-state index >= 15 is 0 Å². The van der Waals surface area contributed by atoms with Crippen LogP contribution in [0.25, 0.3) is 0 Å². The Morgan fingerprint density at radius 2 is 2.35 bits per heavy atom. The molecule has 0 spiro atoms. The molecular weight excluding hydrogens is 222 g/mol. The van der Waals surface area contributed by atoms with Gasteiger partial charge in [0.2, 0.25) is 0 Å². The van der Waals surface area contributed by atoms with E-state index in [2.05, 4.69) is 4.98 Å². The van der Waals surface area contributed by atoms with Crippen molar-refractivity contribution in [2.24, 2.45) is 0 Å². The van der Waals surface area contributed by atoms with E-state index in [1.165, 1.54) is 0 Å². The fraction of sp³-hybridized carbons (Fsp3) is 0.545. The molecule has 6 heteroatoms. The number of anilines is 1. The normalized spacial score (nSPS) is 14.6. The van der Waals surface area contributed by atoms with Gasteiger partial charge in [0, 0.05) is 32.0 Å². The molecule has 2 rings (SSSR count). The molecule has 1 N–H and O–H groups in total. The van der Waals surface area contributed by atoms with E-state index in [0.29, 0.717) is 11.9 Å². The molecule has 6 nitrogen and oxygen atoms in total. The molecule has 0 bridgehead atoms.